The molecule has 0 saturated heterocycles. The van der Waals surface area contributed by atoms with Crippen molar-refractivity contribution < 1.29 is 23.1 Å². The number of anilines is 1. The lowest BCUT2D eigenvalue weighted by Gasteiger charge is -2.28. The molecule has 2 unspecified atom stereocenters. The van der Waals surface area contributed by atoms with Gasteiger partial charge in [-0.1, -0.05) is 36.4 Å². The van der Waals surface area contributed by atoms with E-state index in [0.717, 1.165) is 17.6 Å². The molecule has 0 spiro atoms. The van der Waals surface area contributed by atoms with Crippen LogP contribution in [0.25, 0.3) is 11.3 Å². The van der Waals surface area contributed by atoms with Crippen LogP contribution in [0.4, 0.5) is 14.5 Å². The number of ether oxygens (including phenoxy) is 1. The number of alkyl halides is 2. The number of hydrazone groups is 1. The molecule has 1 aromatic heterocycles. The molecule has 1 aliphatic heterocycles. The first kappa shape index (κ1) is 25.6. The Bertz CT molecular complexity index is 1320. The van der Waals surface area contributed by atoms with Crippen LogP contribution in [0.2, 0.25) is 0 Å². The highest BCUT2D eigenvalue weighted by molar-refractivity contribution is 7.03. The Morgan fingerprint density at radius 2 is 2.03 bits per heavy atom. The number of nitrogens with zero attached hydrogens (tertiary/aromatic N) is 6. The van der Waals surface area contributed by atoms with Crippen LogP contribution in [0.5, 0.6) is 0 Å². The molecule has 4 rings (SSSR count). The zero-order valence-electron chi connectivity index (χ0n) is 19.2. The van der Waals surface area contributed by atoms with Crippen molar-refractivity contribution in [1.82, 2.24) is 9.27 Å². The van der Waals surface area contributed by atoms with Crippen LogP contribution in [0.3, 0.4) is 0 Å². The van der Waals surface area contributed by atoms with Crippen LogP contribution >= 0.6 is 11.5 Å². The van der Waals surface area contributed by atoms with Crippen LogP contribution in [-0.2, 0) is 14.3 Å². The van der Waals surface area contributed by atoms with Crippen LogP contribution < -0.4 is 10.7 Å². The Balaban J connectivity index is 1.64. The molecule has 190 valence electrons. The SMILES string of the molecule is C=N/C=N\N(c1cccc(C(COC=O)N2C(=O)C(c3ccc(-c4ccsn4)cc3)N=C2N)c1)C(F)F. The molecule has 0 fully saturated rings. The van der Waals surface area contributed by atoms with Gasteiger partial charge < -0.3 is 10.5 Å². The maximum atomic E-state index is 13.6. The maximum Gasteiger partial charge on any atom is 0.333 e. The minimum absolute atomic E-state index is 0.0137. The van der Waals surface area contributed by atoms with Gasteiger partial charge in [-0.2, -0.15) is 18.3 Å². The quantitative estimate of drug-likeness (QED) is 0.134. The van der Waals surface area contributed by atoms with E-state index in [4.69, 9.17) is 10.5 Å². The highest BCUT2D eigenvalue weighted by atomic mass is 32.1. The molecule has 37 heavy (non-hydrogen) atoms. The van der Waals surface area contributed by atoms with E-state index in [1.54, 1.807) is 18.2 Å². The molecule has 2 aromatic carbocycles. The van der Waals surface area contributed by atoms with Gasteiger partial charge in [-0.25, -0.2) is 10.0 Å². The van der Waals surface area contributed by atoms with Crippen molar-refractivity contribution in [3.05, 3.63) is 71.1 Å². The molecule has 0 bridgehead atoms. The smallest absolute Gasteiger partial charge is 0.333 e. The number of hydrogen-bond acceptors (Lipinski definition) is 9. The monoisotopic (exact) mass is 525 g/mol. The summed E-state index contributed by atoms with van der Waals surface area (Å²) in [5.74, 6) is -0.550. The van der Waals surface area contributed by atoms with Gasteiger partial charge in [0.05, 0.1) is 17.4 Å². The first-order valence-electron chi connectivity index (χ1n) is 10.8. The predicted octanol–water partition coefficient (Wildman–Crippen LogP) is 3.60. The molecular formula is C24H21F2N7O3S. The van der Waals surface area contributed by atoms with Gasteiger partial charge in [-0.3, -0.25) is 19.5 Å². The molecule has 13 heteroatoms. The molecule has 2 N–H and O–H groups in total. The van der Waals surface area contributed by atoms with Gasteiger partial charge >= 0.3 is 6.55 Å². The van der Waals surface area contributed by atoms with Crippen molar-refractivity contribution in [2.45, 2.75) is 18.6 Å². The summed E-state index contributed by atoms with van der Waals surface area (Å²) >= 11 is 1.33. The number of aliphatic imine (C=N–C) groups is 2. The molecular weight excluding hydrogens is 504 g/mol. The Morgan fingerprint density at radius 3 is 2.68 bits per heavy atom. The van der Waals surface area contributed by atoms with Gasteiger partial charge in [-0.15, -0.1) is 0 Å². The topological polar surface area (TPSA) is 126 Å². The largest absolute Gasteiger partial charge is 0.465 e. The molecule has 2 heterocycles. The second-order valence-corrected chi connectivity index (χ2v) is 8.35. The number of aromatic nitrogens is 1. The predicted molar refractivity (Wildman–Crippen MR) is 136 cm³/mol. The summed E-state index contributed by atoms with van der Waals surface area (Å²) in [7, 11) is 0. The van der Waals surface area contributed by atoms with E-state index in [0.29, 0.717) is 16.1 Å². The van der Waals surface area contributed by atoms with Gasteiger partial charge in [-0.05, 0) is 47.6 Å². The average molecular weight is 526 g/mol. The van der Waals surface area contributed by atoms with Gasteiger partial charge in [0.1, 0.15) is 12.9 Å². The van der Waals surface area contributed by atoms with E-state index in [9.17, 15) is 18.4 Å². The highest BCUT2D eigenvalue weighted by Crippen LogP contribution is 2.34. The lowest BCUT2D eigenvalue weighted by molar-refractivity contribution is -0.135. The lowest BCUT2D eigenvalue weighted by Crippen LogP contribution is -2.42. The normalized spacial score (nSPS) is 16.2. The molecule has 0 radical (unpaired) electrons. The molecule has 1 amide bonds. The minimum atomic E-state index is -2.98. The van der Waals surface area contributed by atoms with E-state index in [1.807, 2.05) is 23.6 Å². The number of carbonyl (C=O) groups is 2. The van der Waals surface area contributed by atoms with E-state index >= 15 is 0 Å². The number of carbonyl (C=O) groups excluding carboxylic acids is 2. The number of hydrogen-bond donors (Lipinski definition) is 1. The summed E-state index contributed by atoms with van der Waals surface area (Å²) in [6, 6.07) is 13.1. The minimum Gasteiger partial charge on any atom is -0.465 e. The zero-order chi connectivity index (χ0) is 26.4. The van der Waals surface area contributed by atoms with E-state index in [1.165, 1.54) is 34.6 Å². The van der Waals surface area contributed by atoms with Crippen molar-refractivity contribution in [3.63, 3.8) is 0 Å². The Kier molecular flexibility index (Phi) is 7.93. The van der Waals surface area contributed by atoms with Crippen molar-refractivity contribution in [3.8, 4) is 11.3 Å². The fraction of sp³-hybridized carbons (Fsp3) is 0.167. The second kappa shape index (κ2) is 11.5. The van der Waals surface area contributed by atoms with Gasteiger partial charge in [0.2, 0.25) is 0 Å². The molecule has 10 nitrogen and oxygen atoms in total. The van der Waals surface area contributed by atoms with Crippen molar-refractivity contribution in [2.24, 2.45) is 20.8 Å². The fourth-order valence-electron chi connectivity index (χ4n) is 3.87. The summed E-state index contributed by atoms with van der Waals surface area (Å²) in [5.41, 5.74) is 8.85. The van der Waals surface area contributed by atoms with Crippen molar-refractivity contribution in [2.75, 3.05) is 11.6 Å². The van der Waals surface area contributed by atoms with E-state index < -0.39 is 24.5 Å². The highest BCUT2D eigenvalue weighted by Gasteiger charge is 2.40. The maximum absolute atomic E-state index is 13.6. The Morgan fingerprint density at radius 1 is 1.24 bits per heavy atom. The lowest BCUT2D eigenvalue weighted by atomic mass is 10.0. The Labute approximate surface area is 214 Å². The summed E-state index contributed by atoms with van der Waals surface area (Å²) in [5, 5.41) is 5.89. The number of rotatable bonds is 11. The second-order valence-electron chi connectivity index (χ2n) is 7.68. The molecule has 0 saturated carbocycles. The summed E-state index contributed by atoms with van der Waals surface area (Å²) < 4.78 is 36.5. The standard InChI is InChI=1S/C24H21F2N7O3S/c1-28-13-29-33(23(25)26)18-4-2-3-17(11-18)20(12-36-14-34)32-22(35)21(30-24(32)27)16-7-5-15(6-8-16)19-9-10-37-31-19/h2-11,13-14,20-21,23H,1,12H2,(H2,27,30)/b29-13-. The van der Waals surface area contributed by atoms with Gasteiger partial charge in [0.25, 0.3) is 12.4 Å². The van der Waals surface area contributed by atoms with E-state index in [-0.39, 0.29) is 24.7 Å². The van der Waals surface area contributed by atoms with Gasteiger partial charge in [0.15, 0.2) is 12.0 Å². The number of halogens is 2. The first-order valence-corrected chi connectivity index (χ1v) is 11.7. The van der Waals surface area contributed by atoms with Crippen LogP contribution in [-0.4, -0.2) is 53.8 Å². The summed E-state index contributed by atoms with van der Waals surface area (Å²) in [4.78, 5) is 33.4. The molecule has 1 aliphatic rings. The third-order valence-corrected chi connectivity index (χ3v) is 6.10. The van der Waals surface area contributed by atoms with Crippen LogP contribution in [0, 0.1) is 0 Å². The van der Waals surface area contributed by atoms with Crippen molar-refractivity contribution >= 4 is 48.6 Å². The number of guanidine groups is 1. The van der Waals surface area contributed by atoms with Crippen LogP contribution in [0.1, 0.15) is 23.2 Å². The molecule has 2 atom stereocenters. The van der Waals surface area contributed by atoms with Crippen LogP contribution in [0.15, 0.2) is 75.1 Å². The summed E-state index contributed by atoms with van der Waals surface area (Å²) in [6.45, 7) is 0.158. The third kappa shape index (κ3) is 5.51. The average Bonchev–Trinajstić information content (AvgIpc) is 3.54. The van der Waals surface area contributed by atoms with Gasteiger partial charge in [0, 0.05) is 10.9 Å². The summed E-state index contributed by atoms with van der Waals surface area (Å²) in [6.07, 6.45) is 0.880. The fourth-order valence-corrected chi connectivity index (χ4v) is 4.40. The molecule has 0 aliphatic carbocycles. The number of nitrogens with two attached hydrogens (primary N) is 1. The number of amides is 1. The third-order valence-electron chi connectivity index (χ3n) is 5.54. The van der Waals surface area contributed by atoms with E-state index in [2.05, 4.69) is 26.2 Å². The first-order chi connectivity index (χ1) is 17.9. The molecule has 3 aromatic rings. The van der Waals surface area contributed by atoms with Crippen molar-refractivity contribution in [1.29, 1.82) is 0 Å². The number of benzene rings is 2. The Hall–Kier alpha value is -4.52. The zero-order valence-corrected chi connectivity index (χ0v) is 20.0.